The fourth-order valence-corrected chi connectivity index (χ4v) is 1.36. The summed E-state index contributed by atoms with van der Waals surface area (Å²) < 4.78 is 15.4. The molecule has 0 aromatic carbocycles. The van der Waals surface area contributed by atoms with Crippen LogP contribution in [0.3, 0.4) is 0 Å². The third-order valence-electron chi connectivity index (χ3n) is 2.21. The van der Waals surface area contributed by atoms with Crippen LogP contribution in [-0.2, 0) is 20.5 Å². The summed E-state index contributed by atoms with van der Waals surface area (Å²) >= 11 is 0. The lowest BCUT2D eigenvalue weighted by Crippen LogP contribution is -2.40. The van der Waals surface area contributed by atoms with Crippen molar-refractivity contribution in [2.45, 2.75) is 19.8 Å². The first-order valence-electron chi connectivity index (χ1n) is 4.45. The molecule has 14 heavy (non-hydrogen) atoms. The van der Waals surface area contributed by atoms with Gasteiger partial charge < -0.3 is 0 Å². The maximum atomic E-state index is 13.4. The predicted molar refractivity (Wildman–Crippen MR) is 50.9 cm³/mol. The highest BCUT2D eigenvalue weighted by atomic mass is 19.1. The molecule has 0 bridgehead atoms. The van der Waals surface area contributed by atoms with Crippen LogP contribution in [0.5, 0.6) is 0 Å². The summed E-state index contributed by atoms with van der Waals surface area (Å²) in [5, 5.41) is 0. The summed E-state index contributed by atoms with van der Waals surface area (Å²) in [5.74, 6) is -0.823. The molecule has 0 N–H and O–H groups in total. The topological polar surface area (TPSA) is 44.0 Å². The van der Waals surface area contributed by atoms with Crippen LogP contribution in [0.25, 0.3) is 0 Å². The normalized spacial score (nSPS) is 10.6. The molecule has 4 nitrogen and oxygen atoms in total. The molecule has 0 spiro atoms. The Morgan fingerprint density at radius 1 is 1.21 bits per heavy atom. The number of aromatic nitrogens is 2. The number of nitrogens with zero attached hydrogens (tertiary/aromatic N) is 2. The van der Waals surface area contributed by atoms with E-state index in [9.17, 15) is 14.0 Å². The van der Waals surface area contributed by atoms with Crippen LogP contribution < -0.4 is 11.2 Å². The average molecular weight is 200 g/mol. The molecule has 78 valence electrons. The van der Waals surface area contributed by atoms with E-state index in [2.05, 4.69) is 0 Å². The van der Waals surface area contributed by atoms with Crippen LogP contribution in [-0.4, -0.2) is 9.13 Å². The van der Waals surface area contributed by atoms with Crippen LogP contribution in [0.4, 0.5) is 4.39 Å². The van der Waals surface area contributed by atoms with Gasteiger partial charge in [-0.25, -0.2) is 4.79 Å². The van der Waals surface area contributed by atoms with Gasteiger partial charge in [-0.15, -0.1) is 0 Å². The van der Waals surface area contributed by atoms with Gasteiger partial charge in [-0.3, -0.25) is 13.9 Å². The molecule has 0 aliphatic heterocycles. The molecule has 1 rings (SSSR count). The second kappa shape index (κ2) is 3.77. The zero-order chi connectivity index (χ0) is 10.9. The molecule has 0 saturated heterocycles. The van der Waals surface area contributed by atoms with Crippen molar-refractivity contribution in [2.24, 2.45) is 14.1 Å². The molecule has 0 radical (unpaired) electrons. The van der Waals surface area contributed by atoms with E-state index in [1.807, 2.05) is 6.92 Å². The maximum absolute atomic E-state index is 13.4. The molecule has 0 aliphatic rings. The number of halogens is 1. The lowest BCUT2D eigenvalue weighted by Gasteiger charge is -2.09. The summed E-state index contributed by atoms with van der Waals surface area (Å²) in [5.41, 5.74) is -1.16. The first kappa shape index (κ1) is 10.7. The van der Waals surface area contributed by atoms with Gasteiger partial charge in [-0.2, -0.15) is 4.39 Å². The second-order valence-electron chi connectivity index (χ2n) is 3.22. The van der Waals surface area contributed by atoms with E-state index in [1.165, 1.54) is 18.7 Å². The number of hydrogen-bond donors (Lipinski definition) is 0. The predicted octanol–water partition coefficient (Wildman–Crippen LogP) is 0.176. The molecular weight excluding hydrogens is 187 g/mol. The lowest BCUT2D eigenvalue weighted by molar-refractivity contribution is 0.512. The van der Waals surface area contributed by atoms with Crippen LogP contribution in [0.1, 0.15) is 19.0 Å². The highest BCUT2D eigenvalue weighted by molar-refractivity contribution is 5.05. The van der Waals surface area contributed by atoms with E-state index in [0.717, 1.165) is 4.57 Å². The van der Waals surface area contributed by atoms with Crippen molar-refractivity contribution in [3.05, 3.63) is 32.3 Å². The fourth-order valence-electron chi connectivity index (χ4n) is 1.36. The van der Waals surface area contributed by atoms with Gasteiger partial charge in [-0.1, -0.05) is 13.3 Å². The second-order valence-corrected chi connectivity index (χ2v) is 3.22. The van der Waals surface area contributed by atoms with Crippen molar-refractivity contribution in [2.75, 3.05) is 0 Å². The van der Waals surface area contributed by atoms with Crippen molar-refractivity contribution >= 4 is 0 Å². The van der Waals surface area contributed by atoms with Gasteiger partial charge in [-0.05, 0) is 6.42 Å². The molecule has 1 aromatic rings. The Bertz CT molecular complexity index is 422. The maximum Gasteiger partial charge on any atom is 0.330 e. The molecular formula is C9H13FN2O2. The lowest BCUT2D eigenvalue weighted by atomic mass is 10.2. The van der Waals surface area contributed by atoms with Crippen LogP contribution in [0, 0.1) is 5.82 Å². The van der Waals surface area contributed by atoms with Crippen molar-refractivity contribution in [3.63, 3.8) is 0 Å². The SMILES string of the molecule is CCCc1c(F)c(=O)n(C)c(=O)n1C. The minimum atomic E-state index is -0.850. The summed E-state index contributed by atoms with van der Waals surface area (Å²) in [6.45, 7) is 1.86. The Hall–Kier alpha value is -1.39. The van der Waals surface area contributed by atoms with Crippen molar-refractivity contribution < 1.29 is 4.39 Å². The van der Waals surface area contributed by atoms with Crippen molar-refractivity contribution in [1.82, 2.24) is 9.13 Å². The summed E-state index contributed by atoms with van der Waals surface area (Å²) in [6, 6.07) is 0. The molecule has 0 saturated carbocycles. The van der Waals surface area contributed by atoms with Crippen molar-refractivity contribution in [3.8, 4) is 0 Å². The molecule has 1 heterocycles. The number of hydrogen-bond acceptors (Lipinski definition) is 2. The quantitative estimate of drug-likeness (QED) is 0.683. The van der Waals surface area contributed by atoms with Crippen molar-refractivity contribution in [1.29, 1.82) is 0 Å². The molecule has 1 aromatic heterocycles. The molecule has 0 aliphatic carbocycles. The first-order chi connectivity index (χ1) is 6.50. The number of rotatable bonds is 2. The molecule has 5 heteroatoms. The standard InChI is InChI=1S/C9H13FN2O2/c1-4-5-6-7(10)8(13)12(3)9(14)11(6)2/h4-5H2,1-3H3. The Balaban J connectivity index is 3.60. The highest BCUT2D eigenvalue weighted by Gasteiger charge is 2.13. The Morgan fingerprint density at radius 3 is 2.29 bits per heavy atom. The smallest absolute Gasteiger partial charge is 0.298 e. The van der Waals surface area contributed by atoms with E-state index < -0.39 is 17.1 Å². The van der Waals surface area contributed by atoms with E-state index in [4.69, 9.17) is 0 Å². The Morgan fingerprint density at radius 2 is 1.79 bits per heavy atom. The van der Waals surface area contributed by atoms with Gasteiger partial charge >= 0.3 is 5.69 Å². The summed E-state index contributed by atoms with van der Waals surface area (Å²) in [4.78, 5) is 22.6. The van der Waals surface area contributed by atoms with Crippen LogP contribution in [0.2, 0.25) is 0 Å². The van der Waals surface area contributed by atoms with Gasteiger partial charge in [0.1, 0.15) is 0 Å². The Labute approximate surface area is 80.6 Å². The van der Waals surface area contributed by atoms with E-state index in [1.54, 1.807) is 0 Å². The van der Waals surface area contributed by atoms with Gasteiger partial charge in [0, 0.05) is 14.1 Å². The minimum Gasteiger partial charge on any atom is -0.298 e. The Kier molecular flexibility index (Phi) is 2.88. The molecule has 0 fully saturated rings. The van der Waals surface area contributed by atoms with Gasteiger partial charge in [0.25, 0.3) is 5.56 Å². The van der Waals surface area contributed by atoms with Gasteiger partial charge in [0.15, 0.2) is 0 Å². The summed E-state index contributed by atoms with van der Waals surface area (Å²) in [6.07, 6.45) is 1.09. The average Bonchev–Trinajstić information content (AvgIpc) is 2.19. The first-order valence-corrected chi connectivity index (χ1v) is 4.45. The van der Waals surface area contributed by atoms with E-state index >= 15 is 0 Å². The van der Waals surface area contributed by atoms with E-state index in [0.29, 0.717) is 12.8 Å². The van der Waals surface area contributed by atoms with Gasteiger partial charge in [0.05, 0.1) is 5.69 Å². The molecule has 0 unspecified atom stereocenters. The largest absolute Gasteiger partial charge is 0.330 e. The van der Waals surface area contributed by atoms with E-state index in [-0.39, 0.29) is 5.69 Å². The zero-order valence-corrected chi connectivity index (χ0v) is 8.50. The van der Waals surface area contributed by atoms with Crippen LogP contribution in [0.15, 0.2) is 9.59 Å². The molecule has 0 amide bonds. The zero-order valence-electron chi connectivity index (χ0n) is 8.50. The highest BCUT2D eigenvalue weighted by Crippen LogP contribution is 2.01. The third-order valence-corrected chi connectivity index (χ3v) is 2.21. The molecule has 0 atom stereocenters. The van der Waals surface area contributed by atoms with Gasteiger partial charge in [0.2, 0.25) is 5.82 Å². The van der Waals surface area contributed by atoms with Crippen LogP contribution >= 0.6 is 0 Å². The third kappa shape index (κ3) is 1.49. The minimum absolute atomic E-state index is 0.181. The fraction of sp³-hybridized carbons (Fsp3) is 0.556. The summed E-state index contributed by atoms with van der Waals surface area (Å²) in [7, 11) is 2.74. The monoisotopic (exact) mass is 200 g/mol.